The molecule has 1 amide bonds. The summed E-state index contributed by atoms with van der Waals surface area (Å²) >= 11 is 0. The number of hydrogen-bond acceptors (Lipinski definition) is 5. The van der Waals surface area contributed by atoms with Gasteiger partial charge in [0.2, 0.25) is 0 Å². The van der Waals surface area contributed by atoms with Crippen molar-refractivity contribution in [2.24, 2.45) is 0 Å². The molecule has 0 saturated carbocycles. The molecule has 3 aromatic heterocycles. The number of aryl methyl sites for hydroxylation is 1. The number of hydrogen-bond donors (Lipinski definition) is 0. The highest BCUT2D eigenvalue weighted by Crippen LogP contribution is 2.14. The molecule has 0 N–H and O–H groups in total. The van der Waals surface area contributed by atoms with Crippen LogP contribution in [-0.4, -0.2) is 43.8 Å². The Kier molecular flexibility index (Phi) is 5.31. The number of likely N-dealkylation sites (N-methyl/N-ethyl adjacent to an activating group) is 1. The van der Waals surface area contributed by atoms with Crippen LogP contribution in [-0.2, 0) is 6.42 Å². The summed E-state index contributed by atoms with van der Waals surface area (Å²) in [4.78, 5) is 31.4. The normalized spacial score (nSPS) is 11.8. The van der Waals surface area contributed by atoms with E-state index in [0.717, 1.165) is 16.8 Å². The van der Waals surface area contributed by atoms with Gasteiger partial charge in [0.05, 0.1) is 5.56 Å². The van der Waals surface area contributed by atoms with E-state index in [2.05, 4.69) is 19.9 Å². The molecule has 0 saturated heterocycles. The Balaban J connectivity index is 1.69. The van der Waals surface area contributed by atoms with Gasteiger partial charge < -0.3 is 4.90 Å². The number of aromatic nitrogens is 4. The molecule has 3 heterocycles. The van der Waals surface area contributed by atoms with Crippen molar-refractivity contribution in [3.05, 3.63) is 72.1 Å². The lowest BCUT2D eigenvalue weighted by atomic mass is 10.1. The van der Waals surface area contributed by atoms with Crippen molar-refractivity contribution in [3.8, 4) is 11.4 Å². The molecule has 0 aromatic carbocycles. The summed E-state index contributed by atoms with van der Waals surface area (Å²) in [6.45, 7) is 4.04. The smallest absolute Gasteiger partial charge is 0.256 e. The van der Waals surface area contributed by atoms with Crippen LogP contribution in [0.25, 0.3) is 11.4 Å². The maximum atomic E-state index is 12.7. The van der Waals surface area contributed by atoms with E-state index >= 15 is 0 Å². The number of carbonyl (C=O) groups excluding carboxylic acids is 1. The van der Waals surface area contributed by atoms with Gasteiger partial charge in [0.15, 0.2) is 5.82 Å². The first-order valence-corrected chi connectivity index (χ1v) is 8.45. The fraction of sp³-hybridized carbons (Fsp3) is 0.250. The first-order valence-electron chi connectivity index (χ1n) is 8.45. The monoisotopic (exact) mass is 347 g/mol. The topological polar surface area (TPSA) is 71.9 Å². The zero-order chi connectivity index (χ0) is 18.5. The van der Waals surface area contributed by atoms with Crippen molar-refractivity contribution < 1.29 is 4.79 Å². The Morgan fingerprint density at radius 3 is 2.54 bits per heavy atom. The van der Waals surface area contributed by atoms with E-state index in [1.54, 1.807) is 42.9 Å². The third kappa shape index (κ3) is 4.08. The van der Waals surface area contributed by atoms with Crippen LogP contribution in [0.5, 0.6) is 0 Å². The Morgan fingerprint density at radius 2 is 1.88 bits per heavy atom. The van der Waals surface area contributed by atoms with Crippen molar-refractivity contribution in [3.63, 3.8) is 0 Å². The van der Waals surface area contributed by atoms with Crippen molar-refractivity contribution in [2.75, 3.05) is 7.05 Å². The average Bonchev–Trinajstić information content (AvgIpc) is 2.67. The van der Waals surface area contributed by atoms with E-state index < -0.39 is 0 Å². The van der Waals surface area contributed by atoms with Gasteiger partial charge in [-0.15, -0.1) is 0 Å². The van der Waals surface area contributed by atoms with E-state index in [0.29, 0.717) is 17.8 Å². The molecule has 0 bridgehead atoms. The van der Waals surface area contributed by atoms with E-state index in [1.165, 1.54) is 0 Å². The van der Waals surface area contributed by atoms with Gasteiger partial charge in [-0.1, -0.05) is 0 Å². The van der Waals surface area contributed by atoms with Crippen LogP contribution in [0.4, 0.5) is 0 Å². The molecule has 0 unspecified atom stereocenters. The number of nitrogens with zero attached hydrogens (tertiary/aromatic N) is 5. The molecule has 3 aromatic rings. The summed E-state index contributed by atoms with van der Waals surface area (Å²) in [5.74, 6) is 0.442. The summed E-state index contributed by atoms with van der Waals surface area (Å²) in [5, 5.41) is 0. The summed E-state index contributed by atoms with van der Waals surface area (Å²) in [6, 6.07) is 7.72. The molecular weight excluding hydrogens is 326 g/mol. The second-order valence-electron chi connectivity index (χ2n) is 6.33. The number of rotatable bonds is 5. The van der Waals surface area contributed by atoms with Gasteiger partial charge in [-0.2, -0.15) is 0 Å². The van der Waals surface area contributed by atoms with Gasteiger partial charge in [0, 0.05) is 61.8 Å². The zero-order valence-corrected chi connectivity index (χ0v) is 15.1. The molecule has 1 atom stereocenters. The first kappa shape index (κ1) is 17.7. The Labute approximate surface area is 153 Å². The maximum absolute atomic E-state index is 12.7. The molecule has 6 heteroatoms. The van der Waals surface area contributed by atoms with E-state index in [-0.39, 0.29) is 11.9 Å². The first-order chi connectivity index (χ1) is 12.5. The standard InChI is InChI=1S/C20H21N5O/c1-14-6-8-22-18(9-14)10-15(2)25(3)20(26)17-12-23-19(24-13-17)16-5-4-7-21-11-16/h4-9,11-13,15H,10H2,1-3H3/t15-/m1/s1. The lowest BCUT2D eigenvalue weighted by molar-refractivity contribution is 0.0742. The largest absolute Gasteiger partial charge is 0.339 e. The van der Waals surface area contributed by atoms with Crippen molar-refractivity contribution in [1.82, 2.24) is 24.8 Å². The van der Waals surface area contributed by atoms with Crippen molar-refractivity contribution >= 4 is 5.91 Å². The van der Waals surface area contributed by atoms with Crippen molar-refractivity contribution in [1.29, 1.82) is 0 Å². The molecular formula is C20H21N5O. The summed E-state index contributed by atoms with van der Waals surface area (Å²) < 4.78 is 0. The van der Waals surface area contributed by atoms with Crippen LogP contribution < -0.4 is 0 Å². The Bertz CT molecular complexity index is 880. The second kappa shape index (κ2) is 7.82. The van der Waals surface area contributed by atoms with Gasteiger partial charge in [0.1, 0.15) is 0 Å². The zero-order valence-electron chi connectivity index (χ0n) is 15.1. The van der Waals surface area contributed by atoms with E-state index in [9.17, 15) is 4.79 Å². The third-order valence-corrected chi connectivity index (χ3v) is 4.28. The van der Waals surface area contributed by atoms with Crippen LogP contribution >= 0.6 is 0 Å². The molecule has 0 aliphatic carbocycles. The minimum Gasteiger partial charge on any atom is -0.339 e. The maximum Gasteiger partial charge on any atom is 0.256 e. The van der Waals surface area contributed by atoms with E-state index in [1.807, 2.05) is 38.1 Å². The van der Waals surface area contributed by atoms with Gasteiger partial charge in [-0.25, -0.2) is 9.97 Å². The average molecular weight is 347 g/mol. The summed E-state index contributed by atoms with van der Waals surface area (Å²) in [6.07, 6.45) is 9.00. The molecule has 26 heavy (non-hydrogen) atoms. The molecule has 3 rings (SSSR count). The van der Waals surface area contributed by atoms with Crippen LogP contribution in [0.1, 0.15) is 28.5 Å². The van der Waals surface area contributed by atoms with Gasteiger partial charge in [0.25, 0.3) is 5.91 Å². The summed E-state index contributed by atoms with van der Waals surface area (Å²) in [5.41, 5.74) is 3.42. The lowest BCUT2D eigenvalue weighted by Crippen LogP contribution is -2.36. The van der Waals surface area contributed by atoms with Crippen LogP contribution in [0.15, 0.2) is 55.2 Å². The molecule has 0 fully saturated rings. The van der Waals surface area contributed by atoms with Crippen LogP contribution in [0.2, 0.25) is 0 Å². The Hall–Kier alpha value is -3.15. The van der Waals surface area contributed by atoms with Crippen molar-refractivity contribution in [2.45, 2.75) is 26.3 Å². The SMILES string of the molecule is Cc1ccnc(C[C@@H](C)N(C)C(=O)c2cnc(-c3cccnc3)nc2)c1. The molecule has 0 spiro atoms. The fourth-order valence-corrected chi connectivity index (χ4v) is 2.64. The van der Waals surface area contributed by atoms with Gasteiger partial charge >= 0.3 is 0 Å². The molecule has 0 radical (unpaired) electrons. The van der Waals surface area contributed by atoms with Gasteiger partial charge in [-0.3, -0.25) is 14.8 Å². The van der Waals surface area contributed by atoms with Gasteiger partial charge in [-0.05, 0) is 43.7 Å². The molecule has 6 nitrogen and oxygen atoms in total. The number of pyridine rings is 2. The number of amides is 1. The minimum absolute atomic E-state index is 0.00907. The minimum atomic E-state index is -0.108. The molecule has 0 aliphatic rings. The quantitative estimate of drug-likeness (QED) is 0.709. The number of carbonyl (C=O) groups is 1. The second-order valence-corrected chi connectivity index (χ2v) is 6.33. The highest BCUT2D eigenvalue weighted by atomic mass is 16.2. The third-order valence-electron chi connectivity index (χ3n) is 4.28. The Morgan fingerprint density at radius 1 is 1.12 bits per heavy atom. The summed E-state index contributed by atoms with van der Waals surface area (Å²) in [7, 11) is 1.79. The molecule has 132 valence electrons. The molecule has 0 aliphatic heterocycles. The van der Waals surface area contributed by atoms with E-state index in [4.69, 9.17) is 0 Å². The predicted octanol–water partition coefficient (Wildman–Crippen LogP) is 2.95. The van der Waals surface area contributed by atoms with Crippen LogP contribution in [0, 0.1) is 6.92 Å². The highest BCUT2D eigenvalue weighted by molar-refractivity contribution is 5.93. The fourth-order valence-electron chi connectivity index (χ4n) is 2.64. The lowest BCUT2D eigenvalue weighted by Gasteiger charge is -2.24. The van der Waals surface area contributed by atoms with Crippen LogP contribution in [0.3, 0.4) is 0 Å². The highest BCUT2D eigenvalue weighted by Gasteiger charge is 2.19. The predicted molar refractivity (Wildman–Crippen MR) is 99.5 cm³/mol.